The third-order valence-corrected chi connectivity index (χ3v) is 4.94. The van der Waals surface area contributed by atoms with Crippen LogP contribution in [0.4, 0.5) is 0 Å². The molecule has 0 bridgehead atoms. The number of hydrogen-bond donors (Lipinski definition) is 1. The van der Waals surface area contributed by atoms with Gasteiger partial charge in [-0.05, 0) is 51.4 Å². The fraction of sp³-hybridized carbons (Fsp3) is 0.812. The highest BCUT2D eigenvalue weighted by Crippen LogP contribution is 2.48. The normalized spacial score (nSPS) is 38.3. The first-order valence-electron chi connectivity index (χ1n) is 7.51. The van der Waals surface area contributed by atoms with Crippen LogP contribution >= 0.6 is 0 Å². The molecule has 0 aromatic heterocycles. The van der Waals surface area contributed by atoms with Crippen molar-refractivity contribution in [3.63, 3.8) is 0 Å². The molecule has 0 radical (unpaired) electrons. The molecule has 0 saturated heterocycles. The highest BCUT2D eigenvalue weighted by atomic mass is 16.5. The molecule has 0 aromatic carbocycles. The van der Waals surface area contributed by atoms with Gasteiger partial charge in [-0.15, -0.1) is 0 Å². The lowest BCUT2D eigenvalue weighted by atomic mass is 9.60. The summed E-state index contributed by atoms with van der Waals surface area (Å²) < 4.78 is 5.02. The average Bonchev–Trinajstić information content (AvgIpc) is 2.35. The third-order valence-electron chi connectivity index (χ3n) is 4.94. The lowest BCUT2D eigenvalue weighted by Gasteiger charge is -2.48. The molecular weight excluding hydrogens is 240 g/mol. The molecule has 2 aliphatic carbocycles. The molecule has 4 atom stereocenters. The number of ether oxygens (including phenoxy) is 1. The summed E-state index contributed by atoms with van der Waals surface area (Å²) in [5.74, 6) is 0.998. The van der Waals surface area contributed by atoms with Gasteiger partial charge in [-0.25, -0.2) is 0 Å². The van der Waals surface area contributed by atoms with E-state index in [4.69, 9.17) is 4.74 Å². The SMILES string of the molecule is CCOC(=O)CC1(O)CC[C@H](C)[C@H]2CCC(C)=C[C@@H]21. The monoisotopic (exact) mass is 266 g/mol. The van der Waals surface area contributed by atoms with Crippen molar-refractivity contribution < 1.29 is 14.6 Å². The Labute approximate surface area is 116 Å². The minimum atomic E-state index is -0.898. The number of aliphatic hydroxyl groups is 1. The van der Waals surface area contributed by atoms with Crippen LogP contribution in [0.1, 0.15) is 52.9 Å². The van der Waals surface area contributed by atoms with Crippen molar-refractivity contribution >= 4 is 5.97 Å². The van der Waals surface area contributed by atoms with Crippen molar-refractivity contribution in [3.8, 4) is 0 Å². The first-order chi connectivity index (χ1) is 8.96. The predicted molar refractivity (Wildman–Crippen MR) is 74.6 cm³/mol. The molecule has 1 unspecified atom stereocenters. The molecule has 2 aliphatic rings. The Kier molecular flexibility index (Phi) is 4.34. The van der Waals surface area contributed by atoms with Gasteiger partial charge in [0.2, 0.25) is 0 Å². The van der Waals surface area contributed by atoms with Crippen molar-refractivity contribution in [2.24, 2.45) is 17.8 Å². The van der Waals surface area contributed by atoms with E-state index in [1.807, 2.05) is 0 Å². The van der Waals surface area contributed by atoms with E-state index in [2.05, 4.69) is 19.9 Å². The number of carbonyl (C=O) groups is 1. The van der Waals surface area contributed by atoms with Crippen LogP contribution in [-0.4, -0.2) is 23.3 Å². The van der Waals surface area contributed by atoms with E-state index in [1.54, 1.807) is 6.92 Å². The van der Waals surface area contributed by atoms with Gasteiger partial charge in [-0.3, -0.25) is 4.79 Å². The van der Waals surface area contributed by atoms with Gasteiger partial charge >= 0.3 is 5.97 Å². The maximum Gasteiger partial charge on any atom is 0.308 e. The van der Waals surface area contributed by atoms with Crippen LogP contribution in [0.25, 0.3) is 0 Å². The van der Waals surface area contributed by atoms with Gasteiger partial charge in [0.05, 0.1) is 18.6 Å². The van der Waals surface area contributed by atoms with Crippen LogP contribution in [-0.2, 0) is 9.53 Å². The Bertz CT molecular complexity index is 374. The Balaban J connectivity index is 2.18. The lowest BCUT2D eigenvalue weighted by molar-refractivity contribution is -0.155. The van der Waals surface area contributed by atoms with Gasteiger partial charge in [0.15, 0.2) is 0 Å². The van der Waals surface area contributed by atoms with Crippen molar-refractivity contribution in [1.82, 2.24) is 0 Å². The number of fused-ring (bicyclic) bond motifs is 1. The second-order valence-electron chi connectivity index (χ2n) is 6.34. The van der Waals surface area contributed by atoms with Gasteiger partial charge in [-0.2, -0.15) is 0 Å². The lowest BCUT2D eigenvalue weighted by Crippen LogP contribution is -2.49. The molecule has 108 valence electrons. The summed E-state index contributed by atoms with van der Waals surface area (Å²) in [6, 6.07) is 0. The van der Waals surface area contributed by atoms with Crippen molar-refractivity contribution in [2.75, 3.05) is 6.61 Å². The second kappa shape index (κ2) is 5.66. The van der Waals surface area contributed by atoms with Crippen LogP contribution in [0.15, 0.2) is 11.6 Å². The summed E-state index contributed by atoms with van der Waals surface area (Å²) >= 11 is 0. The topological polar surface area (TPSA) is 46.5 Å². The van der Waals surface area contributed by atoms with Crippen molar-refractivity contribution in [3.05, 3.63) is 11.6 Å². The second-order valence-corrected chi connectivity index (χ2v) is 6.34. The zero-order chi connectivity index (χ0) is 14.0. The van der Waals surface area contributed by atoms with E-state index in [0.717, 1.165) is 19.3 Å². The summed E-state index contributed by atoms with van der Waals surface area (Å²) in [5, 5.41) is 11.0. The Morgan fingerprint density at radius 2 is 2.26 bits per heavy atom. The maximum atomic E-state index is 11.8. The fourth-order valence-corrected chi connectivity index (χ4v) is 3.81. The van der Waals surface area contributed by atoms with Crippen LogP contribution < -0.4 is 0 Å². The van der Waals surface area contributed by atoms with Gasteiger partial charge < -0.3 is 9.84 Å². The Morgan fingerprint density at radius 3 is 2.95 bits per heavy atom. The zero-order valence-electron chi connectivity index (χ0n) is 12.3. The van der Waals surface area contributed by atoms with Crippen LogP contribution in [0.2, 0.25) is 0 Å². The van der Waals surface area contributed by atoms with E-state index in [0.29, 0.717) is 24.9 Å². The molecule has 3 heteroatoms. The van der Waals surface area contributed by atoms with Gasteiger partial charge in [-0.1, -0.05) is 18.6 Å². The minimum Gasteiger partial charge on any atom is -0.466 e. The zero-order valence-corrected chi connectivity index (χ0v) is 12.3. The Hall–Kier alpha value is -0.830. The smallest absolute Gasteiger partial charge is 0.308 e. The van der Waals surface area contributed by atoms with Crippen LogP contribution in [0.5, 0.6) is 0 Å². The fourth-order valence-electron chi connectivity index (χ4n) is 3.81. The predicted octanol–water partition coefficient (Wildman–Crippen LogP) is 3.07. The third kappa shape index (κ3) is 3.02. The number of allylic oxidation sites excluding steroid dienone is 1. The summed E-state index contributed by atoms with van der Waals surface area (Å²) in [6.07, 6.45) is 6.32. The van der Waals surface area contributed by atoms with Crippen molar-refractivity contribution in [1.29, 1.82) is 0 Å². The summed E-state index contributed by atoms with van der Waals surface area (Å²) in [6.45, 7) is 6.59. The van der Waals surface area contributed by atoms with Crippen molar-refractivity contribution in [2.45, 2.75) is 58.5 Å². The molecule has 1 N–H and O–H groups in total. The van der Waals surface area contributed by atoms with E-state index < -0.39 is 5.60 Å². The molecule has 0 aliphatic heterocycles. The van der Waals surface area contributed by atoms with E-state index >= 15 is 0 Å². The molecule has 3 nitrogen and oxygen atoms in total. The summed E-state index contributed by atoms with van der Waals surface area (Å²) in [7, 11) is 0. The number of carbonyl (C=O) groups excluding carboxylic acids is 1. The molecule has 19 heavy (non-hydrogen) atoms. The number of esters is 1. The molecule has 0 heterocycles. The van der Waals surface area contributed by atoms with Gasteiger partial charge in [0.1, 0.15) is 0 Å². The molecule has 0 amide bonds. The van der Waals surface area contributed by atoms with Crippen LogP contribution in [0, 0.1) is 17.8 Å². The molecule has 2 rings (SSSR count). The number of rotatable bonds is 3. The van der Waals surface area contributed by atoms with E-state index in [9.17, 15) is 9.90 Å². The summed E-state index contributed by atoms with van der Waals surface area (Å²) in [5.41, 5.74) is 0.447. The van der Waals surface area contributed by atoms with E-state index in [1.165, 1.54) is 5.57 Å². The molecule has 1 saturated carbocycles. The quantitative estimate of drug-likeness (QED) is 0.631. The summed E-state index contributed by atoms with van der Waals surface area (Å²) in [4.78, 5) is 11.8. The number of hydrogen-bond acceptors (Lipinski definition) is 3. The highest BCUT2D eigenvalue weighted by Gasteiger charge is 2.48. The maximum absolute atomic E-state index is 11.8. The molecule has 0 aromatic rings. The van der Waals surface area contributed by atoms with Gasteiger partial charge in [0.25, 0.3) is 0 Å². The van der Waals surface area contributed by atoms with E-state index in [-0.39, 0.29) is 18.3 Å². The average molecular weight is 266 g/mol. The first kappa shape index (κ1) is 14.6. The minimum absolute atomic E-state index is 0.120. The molecule has 1 fully saturated rings. The largest absolute Gasteiger partial charge is 0.466 e. The molecular formula is C16H26O3. The Morgan fingerprint density at radius 1 is 1.53 bits per heavy atom. The standard InChI is InChI=1S/C16H26O3/c1-4-19-15(17)10-16(18)8-7-12(3)13-6-5-11(2)9-14(13)16/h9,12-14,18H,4-8,10H2,1-3H3/t12-,13+,14-,16?/m0/s1. The first-order valence-corrected chi connectivity index (χ1v) is 7.51. The molecule has 0 spiro atoms. The van der Waals surface area contributed by atoms with Crippen LogP contribution in [0.3, 0.4) is 0 Å². The van der Waals surface area contributed by atoms with Gasteiger partial charge in [0, 0.05) is 5.92 Å². The highest BCUT2D eigenvalue weighted by molar-refractivity contribution is 5.70.